The average Bonchev–Trinajstić information content (AvgIpc) is 3.31. The predicted molar refractivity (Wildman–Crippen MR) is 161 cm³/mol. The van der Waals surface area contributed by atoms with Crippen LogP contribution in [-0.2, 0) is 13.7 Å². The molecule has 0 saturated carbocycles. The van der Waals surface area contributed by atoms with E-state index in [-0.39, 0.29) is 16.7 Å². The molecule has 0 aliphatic carbocycles. The quantitative estimate of drug-likeness (QED) is 0.267. The third-order valence-corrected chi connectivity index (χ3v) is 15.9. The fraction of sp³-hybridized carbons (Fsp3) is 0.567. The summed E-state index contributed by atoms with van der Waals surface area (Å²) in [4.78, 5) is 15.2. The van der Waals surface area contributed by atoms with Crippen molar-refractivity contribution >= 4 is 32.2 Å². The lowest BCUT2D eigenvalue weighted by molar-refractivity contribution is 0.0182. The molecule has 39 heavy (non-hydrogen) atoms. The number of hydrogen-bond donors (Lipinski definition) is 0. The Bertz CT molecular complexity index is 1120. The van der Waals surface area contributed by atoms with Crippen molar-refractivity contribution in [2.24, 2.45) is 0 Å². The van der Waals surface area contributed by atoms with Crippen LogP contribution in [0.5, 0.6) is 11.5 Å². The Balaban J connectivity index is 2.04. The van der Waals surface area contributed by atoms with Crippen molar-refractivity contribution < 1.29 is 28.0 Å². The van der Waals surface area contributed by atoms with Crippen LogP contribution in [0.1, 0.15) is 48.0 Å². The number of hydrogen-bond acceptors (Lipinski definition) is 6. The maximum absolute atomic E-state index is 15.3. The Morgan fingerprint density at radius 3 is 1.74 bits per heavy atom. The number of likely N-dealkylation sites (tertiary alicyclic amines) is 1. The number of ether oxygens (including phenoxy) is 3. The van der Waals surface area contributed by atoms with Gasteiger partial charge in [-0.1, -0.05) is 20.8 Å². The number of methoxy groups -OCH3 is 2. The Kier molecular flexibility index (Phi) is 9.36. The van der Waals surface area contributed by atoms with E-state index in [4.69, 9.17) is 18.6 Å². The van der Waals surface area contributed by atoms with Crippen molar-refractivity contribution in [2.45, 2.75) is 83.4 Å². The lowest BCUT2D eigenvalue weighted by Gasteiger charge is -2.38. The molecule has 0 aromatic heterocycles. The van der Waals surface area contributed by atoms with Crippen molar-refractivity contribution in [3.8, 4) is 11.5 Å². The van der Waals surface area contributed by atoms with Crippen LogP contribution in [0, 0.1) is 0 Å². The number of carbonyl (C=O) groups is 1. The molecule has 0 unspecified atom stereocenters. The fourth-order valence-electron chi connectivity index (χ4n) is 4.56. The highest BCUT2D eigenvalue weighted by Crippen LogP contribution is 2.53. The molecule has 1 amide bonds. The summed E-state index contributed by atoms with van der Waals surface area (Å²) in [6.07, 6.45) is 0.147. The summed E-state index contributed by atoms with van der Waals surface area (Å²) >= 11 is 0. The number of benzene rings is 2. The van der Waals surface area contributed by atoms with E-state index in [1.807, 2.05) is 69.3 Å². The highest BCUT2D eigenvalue weighted by molar-refractivity contribution is 7.79. The molecule has 3 rings (SSSR count). The highest BCUT2D eigenvalue weighted by atomic mass is 31.2. The normalized spacial score (nSPS) is 18.7. The summed E-state index contributed by atoms with van der Waals surface area (Å²) in [6, 6.07) is 14.6. The maximum Gasteiger partial charge on any atom is 0.410 e. The molecular formula is C30H46NO6PSi. The van der Waals surface area contributed by atoms with Crippen molar-refractivity contribution in [1.29, 1.82) is 0 Å². The van der Waals surface area contributed by atoms with Crippen LogP contribution >= 0.6 is 7.14 Å². The van der Waals surface area contributed by atoms with E-state index in [9.17, 15) is 4.79 Å². The van der Waals surface area contributed by atoms with Gasteiger partial charge in [0.05, 0.1) is 26.9 Å². The van der Waals surface area contributed by atoms with Crippen molar-refractivity contribution in [1.82, 2.24) is 4.90 Å². The van der Waals surface area contributed by atoms with Gasteiger partial charge in [0.2, 0.25) is 0 Å². The average molecular weight is 576 g/mol. The monoisotopic (exact) mass is 575 g/mol. The summed E-state index contributed by atoms with van der Waals surface area (Å²) in [5, 5.41) is 1.49. The van der Waals surface area contributed by atoms with E-state index in [2.05, 4.69) is 33.9 Å². The van der Waals surface area contributed by atoms with E-state index in [1.165, 1.54) is 0 Å². The molecule has 2 aromatic rings. The molecule has 2 atom stereocenters. The van der Waals surface area contributed by atoms with Crippen molar-refractivity contribution in [2.75, 3.05) is 27.4 Å². The van der Waals surface area contributed by atoms with E-state index in [1.54, 1.807) is 19.1 Å². The number of carbonyl (C=O) groups excluding carboxylic acids is 1. The maximum atomic E-state index is 15.3. The van der Waals surface area contributed by atoms with Gasteiger partial charge < -0.3 is 28.1 Å². The highest BCUT2D eigenvalue weighted by Gasteiger charge is 2.48. The summed E-state index contributed by atoms with van der Waals surface area (Å²) in [5.74, 6) is 1.39. The standard InChI is InChI=1S/C30H46NO6PSi/c1-29(2,3)37-28(32)31-20-27(19-22(31)21-36-39(9,10)30(4,5)6)38(33,25-15-11-23(34-7)12-16-25)26-17-13-24(35-8)14-18-26/h11-18,22,27H,19-21H2,1-10H3/t22-,27-/m0/s1. The van der Waals surface area contributed by atoms with Crippen molar-refractivity contribution in [3.63, 3.8) is 0 Å². The largest absolute Gasteiger partial charge is 0.497 e. The third kappa shape index (κ3) is 7.08. The van der Waals surface area contributed by atoms with Crippen LogP contribution in [0.3, 0.4) is 0 Å². The lowest BCUT2D eigenvalue weighted by Crippen LogP contribution is -2.46. The summed E-state index contributed by atoms with van der Waals surface area (Å²) in [7, 11) is -2.05. The van der Waals surface area contributed by atoms with Gasteiger partial charge in [-0.05, 0) is 93.9 Å². The Hall–Kier alpha value is -2.28. The zero-order chi connectivity index (χ0) is 29.2. The van der Waals surface area contributed by atoms with Gasteiger partial charge in [-0.3, -0.25) is 0 Å². The topological polar surface area (TPSA) is 74.3 Å². The number of rotatable bonds is 8. The molecule has 0 bridgehead atoms. The van der Waals surface area contributed by atoms with Gasteiger partial charge in [-0.25, -0.2) is 4.79 Å². The fourth-order valence-corrected chi connectivity index (χ4v) is 8.87. The molecule has 7 nitrogen and oxygen atoms in total. The number of nitrogens with zero attached hydrogens (tertiary/aromatic N) is 1. The first-order valence-corrected chi connectivity index (χ1v) is 18.2. The second-order valence-electron chi connectivity index (χ2n) is 12.8. The molecule has 1 fully saturated rings. The molecule has 9 heteroatoms. The molecule has 0 N–H and O–H groups in total. The van der Waals surface area contributed by atoms with Crippen LogP contribution in [0.4, 0.5) is 4.79 Å². The van der Waals surface area contributed by atoms with Gasteiger partial charge in [0.1, 0.15) is 24.2 Å². The molecule has 1 aliphatic heterocycles. The smallest absolute Gasteiger partial charge is 0.410 e. The Morgan fingerprint density at radius 1 is 0.897 bits per heavy atom. The van der Waals surface area contributed by atoms with Crippen LogP contribution in [0.25, 0.3) is 0 Å². The first kappa shape index (κ1) is 31.2. The zero-order valence-electron chi connectivity index (χ0n) is 25.2. The van der Waals surface area contributed by atoms with E-state index in [0.29, 0.717) is 31.1 Å². The number of amides is 1. The van der Waals surface area contributed by atoms with Gasteiger partial charge in [-0.2, -0.15) is 0 Å². The second-order valence-corrected chi connectivity index (χ2v) is 20.7. The summed E-state index contributed by atoms with van der Waals surface area (Å²) in [5.41, 5.74) is -0.949. The summed E-state index contributed by atoms with van der Waals surface area (Å²) < 4.78 is 38.4. The van der Waals surface area contributed by atoms with Gasteiger partial charge in [-0.15, -0.1) is 0 Å². The van der Waals surface area contributed by atoms with Crippen molar-refractivity contribution in [3.05, 3.63) is 48.5 Å². The minimum atomic E-state index is -3.20. The first-order chi connectivity index (χ1) is 18.0. The SMILES string of the molecule is COc1ccc(P(=O)(c2ccc(OC)cc2)[C@H]2C[C@@H](CO[Si](C)(C)C(C)(C)C)N(C(=O)OC(C)(C)C)C2)cc1. The summed E-state index contributed by atoms with van der Waals surface area (Å²) in [6.45, 7) is 17.3. The minimum absolute atomic E-state index is 0.0310. The molecular weight excluding hydrogens is 529 g/mol. The van der Waals surface area contributed by atoms with Crippen LogP contribution in [-0.4, -0.2) is 64.0 Å². The molecule has 0 spiro atoms. The Morgan fingerprint density at radius 2 is 1.36 bits per heavy atom. The molecule has 0 radical (unpaired) electrons. The molecule has 2 aromatic carbocycles. The first-order valence-electron chi connectivity index (χ1n) is 13.5. The van der Waals surface area contributed by atoms with Crippen LogP contribution in [0.2, 0.25) is 18.1 Å². The van der Waals surface area contributed by atoms with Crippen LogP contribution in [0.15, 0.2) is 48.5 Å². The zero-order valence-corrected chi connectivity index (χ0v) is 27.1. The van der Waals surface area contributed by atoms with Crippen LogP contribution < -0.4 is 20.1 Å². The van der Waals surface area contributed by atoms with E-state index >= 15 is 4.57 Å². The van der Waals surface area contributed by atoms with Gasteiger partial charge >= 0.3 is 6.09 Å². The third-order valence-electron chi connectivity index (χ3n) is 7.89. The van der Waals surface area contributed by atoms with E-state index < -0.39 is 27.2 Å². The molecule has 1 aliphatic rings. The van der Waals surface area contributed by atoms with Gasteiger partial charge in [0, 0.05) is 22.8 Å². The van der Waals surface area contributed by atoms with E-state index in [0.717, 1.165) is 10.6 Å². The molecule has 216 valence electrons. The molecule has 1 heterocycles. The minimum Gasteiger partial charge on any atom is -0.497 e. The van der Waals surface area contributed by atoms with Gasteiger partial charge in [0.25, 0.3) is 0 Å². The Labute approximate surface area is 235 Å². The predicted octanol–water partition coefficient (Wildman–Crippen LogP) is 6.42. The van der Waals surface area contributed by atoms with Gasteiger partial charge in [0.15, 0.2) is 8.32 Å². The lowest BCUT2D eigenvalue weighted by atomic mass is 10.2. The molecule has 1 saturated heterocycles. The second kappa shape index (κ2) is 11.7.